The molecule has 0 aliphatic carbocycles. The zero-order valence-corrected chi connectivity index (χ0v) is 10.6. The quantitative estimate of drug-likeness (QED) is 0.762. The van der Waals surface area contributed by atoms with Crippen molar-refractivity contribution < 1.29 is 9.53 Å². The molecule has 0 saturated heterocycles. The Kier molecular flexibility index (Phi) is 4.57. The first-order valence-corrected chi connectivity index (χ1v) is 5.92. The summed E-state index contributed by atoms with van der Waals surface area (Å²) in [5.74, 6) is -0.119. The van der Waals surface area contributed by atoms with Crippen LogP contribution >= 0.6 is 0 Å². The first-order valence-electron chi connectivity index (χ1n) is 5.92. The van der Waals surface area contributed by atoms with E-state index in [1.54, 1.807) is 25.3 Å². The van der Waals surface area contributed by atoms with Crippen molar-refractivity contribution in [1.82, 2.24) is 25.5 Å². The largest absolute Gasteiger partial charge is 0.385 e. The van der Waals surface area contributed by atoms with Crippen molar-refractivity contribution in [3.63, 3.8) is 0 Å². The second-order valence-corrected chi connectivity index (χ2v) is 3.91. The maximum absolute atomic E-state index is 11.9. The zero-order chi connectivity index (χ0) is 13.5. The number of nitrogens with zero attached hydrogens (tertiary/aromatic N) is 4. The Morgan fingerprint density at radius 2 is 2.37 bits per heavy atom. The molecule has 1 aromatic heterocycles. The molecule has 1 amide bonds. The van der Waals surface area contributed by atoms with Gasteiger partial charge in [0, 0.05) is 25.8 Å². The maximum Gasteiger partial charge on any atom is 0.251 e. The molecule has 2 aromatic rings. The predicted octanol–water partition coefficient (Wildman–Crippen LogP) is 0.429. The molecule has 0 aliphatic heterocycles. The number of amides is 1. The van der Waals surface area contributed by atoms with Crippen LogP contribution in [0.3, 0.4) is 0 Å². The lowest BCUT2D eigenvalue weighted by Crippen LogP contribution is -2.25. The summed E-state index contributed by atoms with van der Waals surface area (Å²) >= 11 is 0. The Labute approximate surface area is 110 Å². The highest BCUT2D eigenvalue weighted by atomic mass is 16.5. The fraction of sp³-hybridized carbons (Fsp3) is 0.333. The van der Waals surface area contributed by atoms with E-state index in [0.29, 0.717) is 18.7 Å². The van der Waals surface area contributed by atoms with Gasteiger partial charge in [-0.25, -0.2) is 4.68 Å². The number of rotatable bonds is 6. The minimum atomic E-state index is -0.119. The number of hydrogen-bond donors (Lipinski definition) is 1. The number of aromatic nitrogens is 4. The van der Waals surface area contributed by atoms with Crippen molar-refractivity contribution in [1.29, 1.82) is 0 Å². The van der Waals surface area contributed by atoms with Crippen LogP contribution in [0.15, 0.2) is 30.6 Å². The van der Waals surface area contributed by atoms with Gasteiger partial charge in [-0.2, -0.15) is 0 Å². The summed E-state index contributed by atoms with van der Waals surface area (Å²) in [4.78, 5) is 11.9. The predicted molar refractivity (Wildman–Crippen MR) is 68.0 cm³/mol. The Hall–Kier alpha value is -2.28. The van der Waals surface area contributed by atoms with E-state index in [4.69, 9.17) is 4.74 Å². The lowest BCUT2D eigenvalue weighted by Gasteiger charge is -2.06. The van der Waals surface area contributed by atoms with Gasteiger partial charge in [-0.05, 0) is 35.0 Å². The van der Waals surface area contributed by atoms with E-state index in [1.807, 2.05) is 6.07 Å². The van der Waals surface area contributed by atoms with Gasteiger partial charge < -0.3 is 10.1 Å². The highest BCUT2D eigenvalue weighted by Crippen LogP contribution is 2.08. The normalized spacial score (nSPS) is 10.4. The minimum Gasteiger partial charge on any atom is -0.385 e. The molecule has 19 heavy (non-hydrogen) atoms. The van der Waals surface area contributed by atoms with E-state index >= 15 is 0 Å². The van der Waals surface area contributed by atoms with E-state index < -0.39 is 0 Å². The third-order valence-corrected chi connectivity index (χ3v) is 2.53. The Morgan fingerprint density at radius 3 is 3.11 bits per heavy atom. The smallest absolute Gasteiger partial charge is 0.251 e. The molecule has 1 aromatic carbocycles. The summed E-state index contributed by atoms with van der Waals surface area (Å²) in [6, 6.07) is 7.11. The number of ether oxygens (including phenoxy) is 1. The summed E-state index contributed by atoms with van der Waals surface area (Å²) in [5, 5.41) is 13.7. The standard InChI is InChI=1S/C12H15N5O2/c1-19-7-3-6-13-12(18)10-4-2-5-11(8-10)17-9-14-15-16-17/h2,4-5,8-9H,3,6-7H2,1H3,(H,13,18). The van der Waals surface area contributed by atoms with Gasteiger partial charge in [0.1, 0.15) is 6.33 Å². The van der Waals surface area contributed by atoms with Crippen LogP contribution in [-0.4, -0.2) is 46.4 Å². The number of methoxy groups -OCH3 is 1. The lowest BCUT2D eigenvalue weighted by molar-refractivity contribution is 0.0948. The molecule has 0 spiro atoms. The van der Waals surface area contributed by atoms with Crippen LogP contribution in [0, 0.1) is 0 Å². The third kappa shape index (κ3) is 3.59. The second-order valence-electron chi connectivity index (χ2n) is 3.91. The highest BCUT2D eigenvalue weighted by molar-refractivity contribution is 5.94. The van der Waals surface area contributed by atoms with E-state index in [1.165, 1.54) is 11.0 Å². The van der Waals surface area contributed by atoms with Crippen molar-refractivity contribution >= 4 is 5.91 Å². The topological polar surface area (TPSA) is 81.9 Å². The van der Waals surface area contributed by atoms with Crippen molar-refractivity contribution in [3.8, 4) is 5.69 Å². The van der Waals surface area contributed by atoms with Crippen molar-refractivity contribution in [2.24, 2.45) is 0 Å². The van der Waals surface area contributed by atoms with E-state index in [9.17, 15) is 4.79 Å². The zero-order valence-electron chi connectivity index (χ0n) is 10.6. The molecule has 0 atom stereocenters. The van der Waals surface area contributed by atoms with Crippen LogP contribution in [0.4, 0.5) is 0 Å². The number of carbonyl (C=O) groups is 1. The van der Waals surface area contributed by atoms with Gasteiger partial charge in [-0.15, -0.1) is 5.10 Å². The van der Waals surface area contributed by atoms with Crippen LogP contribution in [-0.2, 0) is 4.74 Å². The average Bonchev–Trinajstić information content (AvgIpc) is 2.98. The van der Waals surface area contributed by atoms with Gasteiger partial charge in [0.2, 0.25) is 0 Å². The molecule has 0 aliphatic rings. The van der Waals surface area contributed by atoms with Crippen molar-refractivity contribution in [3.05, 3.63) is 36.2 Å². The molecule has 1 heterocycles. The Bertz CT molecular complexity index is 527. The number of tetrazole rings is 1. The molecule has 7 nitrogen and oxygen atoms in total. The molecule has 0 saturated carbocycles. The van der Waals surface area contributed by atoms with Gasteiger partial charge >= 0.3 is 0 Å². The molecule has 7 heteroatoms. The van der Waals surface area contributed by atoms with Gasteiger partial charge in [0.05, 0.1) is 5.69 Å². The summed E-state index contributed by atoms with van der Waals surface area (Å²) in [6.45, 7) is 1.22. The van der Waals surface area contributed by atoms with Crippen LogP contribution < -0.4 is 5.32 Å². The van der Waals surface area contributed by atoms with E-state index in [0.717, 1.165) is 12.1 Å². The Morgan fingerprint density at radius 1 is 1.47 bits per heavy atom. The lowest BCUT2D eigenvalue weighted by atomic mass is 10.2. The fourth-order valence-electron chi connectivity index (χ4n) is 1.59. The van der Waals surface area contributed by atoms with Crippen LogP contribution in [0.1, 0.15) is 16.8 Å². The summed E-state index contributed by atoms with van der Waals surface area (Å²) in [6.07, 6.45) is 2.27. The molecule has 1 N–H and O–H groups in total. The van der Waals surface area contributed by atoms with E-state index in [2.05, 4.69) is 20.8 Å². The van der Waals surface area contributed by atoms with Crippen molar-refractivity contribution in [2.75, 3.05) is 20.3 Å². The average molecular weight is 261 g/mol. The minimum absolute atomic E-state index is 0.119. The third-order valence-electron chi connectivity index (χ3n) is 2.53. The molecule has 0 bridgehead atoms. The molecule has 100 valence electrons. The molecule has 2 rings (SSSR count). The van der Waals surface area contributed by atoms with Gasteiger partial charge in [-0.3, -0.25) is 4.79 Å². The number of benzene rings is 1. The number of nitrogens with one attached hydrogen (secondary N) is 1. The van der Waals surface area contributed by atoms with E-state index in [-0.39, 0.29) is 5.91 Å². The monoisotopic (exact) mass is 261 g/mol. The molecule has 0 radical (unpaired) electrons. The molecular formula is C12H15N5O2. The number of carbonyl (C=O) groups excluding carboxylic acids is 1. The first kappa shape index (κ1) is 13.2. The van der Waals surface area contributed by atoms with Crippen LogP contribution in [0.25, 0.3) is 5.69 Å². The maximum atomic E-state index is 11.9. The molecule has 0 unspecified atom stereocenters. The van der Waals surface area contributed by atoms with Gasteiger partial charge in [0.25, 0.3) is 5.91 Å². The number of hydrogen-bond acceptors (Lipinski definition) is 5. The highest BCUT2D eigenvalue weighted by Gasteiger charge is 2.06. The molecular weight excluding hydrogens is 246 g/mol. The first-order chi connectivity index (χ1) is 9.31. The van der Waals surface area contributed by atoms with Crippen LogP contribution in [0.5, 0.6) is 0 Å². The summed E-state index contributed by atoms with van der Waals surface area (Å²) in [5.41, 5.74) is 1.32. The Balaban J connectivity index is 2.00. The summed E-state index contributed by atoms with van der Waals surface area (Å²) < 4.78 is 6.42. The fourth-order valence-corrected chi connectivity index (χ4v) is 1.59. The van der Waals surface area contributed by atoms with Crippen LogP contribution in [0.2, 0.25) is 0 Å². The van der Waals surface area contributed by atoms with Crippen molar-refractivity contribution in [2.45, 2.75) is 6.42 Å². The van der Waals surface area contributed by atoms with Gasteiger partial charge in [-0.1, -0.05) is 6.07 Å². The SMILES string of the molecule is COCCCNC(=O)c1cccc(-n2cnnn2)c1. The summed E-state index contributed by atoms with van der Waals surface area (Å²) in [7, 11) is 1.64. The molecule has 0 fully saturated rings. The van der Waals surface area contributed by atoms with Gasteiger partial charge in [0.15, 0.2) is 0 Å². The second kappa shape index (κ2) is 6.60.